The zero-order valence-electron chi connectivity index (χ0n) is 11.6. The molecule has 0 bridgehead atoms. The van der Waals surface area contributed by atoms with Gasteiger partial charge in [0.2, 0.25) is 5.91 Å². The fourth-order valence-electron chi connectivity index (χ4n) is 2.58. The SMILES string of the molecule is O=C(NCC(O)c1ccsc1)C1CC1c1c(F)cccc1F. The van der Waals surface area contributed by atoms with Crippen molar-refractivity contribution < 1.29 is 18.7 Å². The summed E-state index contributed by atoms with van der Waals surface area (Å²) in [4.78, 5) is 12.0. The number of aliphatic hydroxyl groups excluding tert-OH is 1. The zero-order valence-corrected chi connectivity index (χ0v) is 12.4. The molecule has 3 nitrogen and oxygen atoms in total. The van der Waals surface area contributed by atoms with Crippen molar-refractivity contribution in [3.8, 4) is 0 Å². The first-order valence-electron chi connectivity index (χ1n) is 6.99. The van der Waals surface area contributed by atoms with Crippen LogP contribution in [0, 0.1) is 17.6 Å². The van der Waals surface area contributed by atoms with Crippen LogP contribution in [0.25, 0.3) is 0 Å². The predicted molar refractivity (Wildman–Crippen MR) is 79.5 cm³/mol. The largest absolute Gasteiger partial charge is 0.387 e. The Morgan fingerprint density at radius 3 is 2.73 bits per heavy atom. The van der Waals surface area contributed by atoms with Gasteiger partial charge in [-0.2, -0.15) is 11.3 Å². The topological polar surface area (TPSA) is 49.3 Å². The predicted octanol–water partition coefficient (Wildman–Crippen LogP) is 2.98. The van der Waals surface area contributed by atoms with Crippen LogP contribution in [0.5, 0.6) is 0 Å². The smallest absolute Gasteiger partial charge is 0.223 e. The first-order chi connectivity index (χ1) is 10.6. The molecule has 1 aromatic heterocycles. The van der Waals surface area contributed by atoms with Gasteiger partial charge in [0.15, 0.2) is 0 Å². The first kappa shape index (κ1) is 15.1. The maximum atomic E-state index is 13.7. The van der Waals surface area contributed by atoms with E-state index in [0.717, 1.165) is 5.56 Å². The second kappa shape index (κ2) is 6.14. The number of carbonyl (C=O) groups excluding carboxylic acids is 1. The minimum atomic E-state index is -0.766. The van der Waals surface area contributed by atoms with E-state index in [1.165, 1.54) is 29.5 Å². The zero-order chi connectivity index (χ0) is 15.7. The van der Waals surface area contributed by atoms with E-state index in [0.29, 0.717) is 6.42 Å². The Hall–Kier alpha value is -1.79. The highest BCUT2D eigenvalue weighted by molar-refractivity contribution is 7.07. The summed E-state index contributed by atoms with van der Waals surface area (Å²) in [5.74, 6) is -2.35. The number of halogens is 2. The molecule has 3 unspecified atom stereocenters. The van der Waals surface area contributed by atoms with E-state index < -0.39 is 29.6 Å². The molecule has 0 saturated heterocycles. The lowest BCUT2D eigenvalue weighted by Gasteiger charge is -2.10. The number of hydrogen-bond acceptors (Lipinski definition) is 3. The quantitative estimate of drug-likeness (QED) is 0.889. The van der Waals surface area contributed by atoms with Crippen LogP contribution in [0.15, 0.2) is 35.0 Å². The lowest BCUT2D eigenvalue weighted by Crippen LogP contribution is -2.29. The van der Waals surface area contributed by atoms with E-state index >= 15 is 0 Å². The van der Waals surface area contributed by atoms with Gasteiger partial charge in [0.1, 0.15) is 11.6 Å². The van der Waals surface area contributed by atoms with Crippen LogP contribution in [0.4, 0.5) is 8.78 Å². The molecular formula is C16H15F2NO2S. The number of aliphatic hydroxyl groups is 1. The Kier molecular flexibility index (Phi) is 4.22. The van der Waals surface area contributed by atoms with Crippen molar-refractivity contribution in [1.82, 2.24) is 5.32 Å². The Morgan fingerprint density at radius 1 is 1.36 bits per heavy atom. The molecule has 2 aromatic rings. The summed E-state index contributed by atoms with van der Waals surface area (Å²) in [6.07, 6.45) is -0.337. The molecule has 1 aromatic carbocycles. The average molecular weight is 323 g/mol. The van der Waals surface area contributed by atoms with Crippen LogP contribution in [0.3, 0.4) is 0 Å². The van der Waals surface area contributed by atoms with Crippen molar-refractivity contribution in [3.05, 3.63) is 57.8 Å². The third-order valence-electron chi connectivity index (χ3n) is 3.90. The van der Waals surface area contributed by atoms with Gasteiger partial charge in [0.25, 0.3) is 0 Å². The lowest BCUT2D eigenvalue weighted by molar-refractivity contribution is -0.122. The van der Waals surface area contributed by atoms with Gasteiger partial charge in [-0.15, -0.1) is 0 Å². The monoisotopic (exact) mass is 323 g/mol. The number of amides is 1. The van der Waals surface area contributed by atoms with Gasteiger partial charge in [0, 0.05) is 23.9 Å². The molecular weight excluding hydrogens is 308 g/mol. The summed E-state index contributed by atoms with van der Waals surface area (Å²) in [6.45, 7) is 0.0958. The summed E-state index contributed by atoms with van der Waals surface area (Å²) in [5.41, 5.74) is 0.735. The van der Waals surface area contributed by atoms with E-state index in [4.69, 9.17) is 0 Å². The molecule has 3 atom stereocenters. The number of benzene rings is 1. The maximum absolute atomic E-state index is 13.7. The van der Waals surface area contributed by atoms with Gasteiger partial charge in [-0.05, 0) is 40.9 Å². The van der Waals surface area contributed by atoms with Crippen molar-refractivity contribution in [2.24, 2.45) is 5.92 Å². The molecule has 1 saturated carbocycles. The summed E-state index contributed by atoms with van der Waals surface area (Å²) in [6, 6.07) is 5.50. The van der Waals surface area contributed by atoms with E-state index in [2.05, 4.69) is 5.32 Å². The molecule has 0 radical (unpaired) electrons. The first-order valence-corrected chi connectivity index (χ1v) is 7.94. The molecule has 1 fully saturated rings. The molecule has 116 valence electrons. The van der Waals surface area contributed by atoms with Crippen molar-refractivity contribution in [2.75, 3.05) is 6.54 Å². The summed E-state index contributed by atoms with van der Waals surface area (Å²) >= 11 is 1.47. The molecule has 3 rings (SSSR count). The Morgan fingerprint density at radius 2 is 2.09 bits per heavy atom. The van der Waals surface area contributed by atoms with E-state index in [1.807, 2.05) is 10.8 Å². The van der Waals surface area contributed by atoms with Gasteiger partial charge < -0.3 is 10.4 Å². The summed E-state index contributed by atoms with van der Waals surface area (Å²) < 4.78 is 27.3. The van der Waals surface area contributed by atoms with Crippen LogP contribution in [-0.2, 0) is 4.79 Å². The van der Waals surface area contributed by atoms with Crippen LogP contribution in [0.1, 0.15) is 29.6 Å². The van der Waals surface area contributed by atoms with Gasteiger partial charge >= 0.3 is 0 Å². The van der Waals surface area contributed by atoms with Crippen molar-refractivity contribution in [3.63, 3.8) is 0 Å². The second-order valence-electron chi connectivity index (χ2n) is 5.40. The fourth-order valence-corrected chi connectivity index (χ4v) is 3.29. The lowest BCUT2D eigenvalue weighted by atomic mass is 10.1. The van der Waals surface area contributed by atoms with Crippen molar-refractivity contribution in [2.45, 2.75) is 18.4 Å². The molecule has 1 amide bonds. The molecule has 0 aliphatic heterocycles. The van der Waals surface area contributed by atoms with Crippen LogP contribution in [0.2, 0.25) is 0 Å². The molecule has 0 spiro atoms. The minimum absolute atomic E-state index is 0.0129. The van der Waals surface area contributed by atoms with Gasteiger partial charge in [-0.3, -0.25) is 4.79 Å². The minimum Gasteiger partial charge on any atom is -0.387 e. The van der Waals surface area contributed by atoms with E-state index in [-0.39, 0.29) is 18.0 Å². The van der Waals surface area contributed by atoms with Gasteiger partial charge in [-0.25, -0.2) is 8.78 Å². The van der Waals surface area contributed by atoms with Crippen LogP contribution >= 0.6 is 11.3 Å². The standard InChI is InChI=1S/C16H15F2NO2S/c17-12-2-1-3-13(18)15(12)10-6-11(10)16(21)19-7-14(20)9-4-5-22-8-9/h1-5,8,10-11,14,20H,6-7H2,(H,19,21). The Labute approximate surface area is 130 Å². The Balaban J connectivity index is 1.57. The molecule has 6 heteroatoms. The highest BCUT2D eigenvalue weighted by Crippen LogP contribution is 2.49. The number of nitrogens with one attached hydrogen (secondary N) is 1. The van der Waals surface area contributed by atoms with Crippen molar-refractivity contribution >= 4 is 17.2 Å². The summed E-state index contributed by atoms with van der Waals surface area (Å²) in [7, 11) is 0. The Bertz CT molecular complexity index is 655. The normalized spacial score (nSPS) is 21.4. The highest BCUT2D eigenvalue weighted by Gasteiger charge is 2.46. The highest BCUT2D eigenvalue weighted by atomic mass is 32.1. The third kappa shape index (κ3) is 3.03. The molecule has 2 N–H and O–H groups in total. The summed E-state index contributed by atoms with van der Waals surface area (Å²) in [5, 5.41) is 16.2. The van der Waals surface area contributed by atoms with Crippen molar-refractivity contribution in [1.29, 1.82) is 0 Å². The molecule has 1 heterocycles. The maximum Gasteiger partial charge on any atom is 0.223 e. The van der Waals surface area contributed by atoms with Gasteiger partial charge in [-0.1, -0.05) is 6.07 Å². The van der Waals surface area contributed by atoms with E-state index in [1.54, 1.807) is 6.07 Å². The molecule has 1 aliphatic rings. The second-order valence-corrected chi connectivity index (χ2v) is 6.18. The van der Waals surface area contributed by atoms with Gasteiger partial charge in [0.05, 0.1) is 6.10 Å². The third-order valence-corrected chi connectivity index (χ3v) is 4.60. The number of carbonyl (C=O) groups is 1. The number of rotatable bonds is 5. The van der Waals surface area contributed by atoms with Crippen LogP contribution < -0.4 is 5.32 Å². The van der Waals surface area contributed by atoms with Crippen LogP contribution in [-0.4, -0.2) is 17.6 Å². The molecule has 22 heavy (non-hydrogen) atoms. The average Bonchev–Trinajstić information content (AvgIpc) is 3.07. The number of hydrogen-bond donors (Lipinski definition) is 2. The fraction of sp³-hybridized carbons (Fsp3) is 0.312. The molecule has 1 aliphatic carbocycles. The number of thiophene rings is 1. The van der Waals surface area contributed by atoms with E-state index in [9.17, 15) is 18.7 Å².